The SMILES string of the molecule is CCCCCCCc1ccc(OC(=O)/C=C/C(CCCCC)c2ccccc2)nc1. The van der Waals surface area contributed by atoms with Crippen molar-refractivity contribution in [3.8, 4) is 5.88 Å². The Morgan fingerprint density at radius 1 is 0.933 bits per heavy atom. The van der Waals surface area contributed by atoms with E-state index in [1.54, 1.807) is 12.1 Å². The largest absolute Gasteiger partial charge is 0.404 e. The number of benzene rings is 1. The molecule has 0 aliphatic heterocycles. The van der Waals surface area contributed by atoms with E-state index in [1.807, 2.05) is 36.5 Å². The molecule has 0 bridgehead atoms. The number of aromatic nitrogens is 1. The molecule has 0 amide bonds. The first-order valence-electron chi connectivity index (χ1n) is 11.6. The van der Waals surface area contributed by atoms with Gasteiger partial charge in [0, 0.05) is 24.3 Å². The third-order valence-corrected chi connectivity index (χ3v) is 5.38. The van der Waals surface area contributed by atoms with Gasteiger partial charge in [-0.15, -0.1) is 0 Å². The molecule has 3 heteroatoms. The van der Waals surface area contributed by atoms with E-state index in [1.165, 1.54) is 56.1 Å². The van der Waals surface area contributed by atoms with Gasteiger partial charge in [0.2, 0.25) is 5.88 Å². The second-order valence-electron chi connectivity index (χ2n) is 7.96. The van der Waals surface area contributed by atoms with Crippen LogP contribution in [0.25, 0.3) is 0 Å². The number of esters is 1. The van der Waals surface area contributed by atoms with Crippen LogP contribution < -0.4 is 4.74 Å². The second-order valence-corrected chi connectivity index (χ2v) is 7.96. The summed E-state index contributed by atoms with van der Waals surface area (Å²) in [5, 5.41) is 0. The predicted molar refractivity (Wildman–Crippen MR) is 125 cm³/mol. The number of unbranched alkanes of at least 4 members (excludes halogenated alkanes) is 6. The molecule has 1 aromatic heterocycles. The van der Waals surface area contributed by atoms with Gasteiger partial charge in [0.25, 0.3) is 0 Å². The van der Waals surface area contributed by atoms with Gasteiger partial charge in [-0.3, -0.25) is 0 Å². The number of hydrogen-bond donors (Lipinski definition) is 0. The molecule has 0 aliphatic rings. The van der Waals surface area contributed by atoms with Gasteiger partial charge < -0.3 is 4.74 Å². The fourth-order valence-corrected chi connectivity index (χ4v) is 3.57. The van der Waals surface area contributed by atoms with Crippen LogP contribution in [-0.2, 0) is 11.2 Å². The maximum absolute atomic E-state index is 12.3. The molecule has 2 aromatic rings. The Morgan fingerprint density at radius 2 is 1.67 bits per heavy atom. The van der Waals surface area contributed by atoms with Crippen molar-refractivity contribution in [3.63, 3.8) is 0 Å². The highest BCUT2D eigenvalue weighted by Gasteiger charge is 2.09. The number of pyridine rings is 1. The number of aryl methyl sites for hydroxylation is 1. The zero-order valence-electron chi connectivity index (χ0n) is 18.7. The number of carbonyl (C=O) groups excluding carboxylic acids is 1. The van der Waals surface area contributed by atoms with Gasteiger partial charge >= 0.3 is 5.97 Å². The monoisotopic (exact) mass is 407 g/mol. The summed E-state index contributed by atoms with van der Waals surface area (Å²) in [5.41, 5.74) is 2.43. The van der Waals surface area contributed by atoms with Gasteiger partial charge in [-0.1, -0.05) is 101 Å². The summed E-state index contributed by atoms with van der Waals surface area (Å²) >= 11 is 0. The van der Waals surface area contributed by atoms with E-state index in [4.69, 9.17) is 4.74 Å². The molecule has 0 spiro atoms. The van der Waals surface area contributed by atoms with Gasteiger partial charge in [-0.05, 0) is 30.4 Å². The van der Waals surface area contributed by atoms with E-state index in [0.717, 1.165) is 19.3 Å². The van der Waals surface area contributed by atoms with Gasteiger partial charge in [0.15, 0.2) is 0 Å². The van der Waals surface area contributed by atoms with Crippen LogP contribution in [0.3, 0.4) is 0 Å². The van der Waals surface area contributed by atoms with Crippen LogP contribution in [0.4, 0.5) is 0 Å². The van der Waals surface area contributed by atoms with Crippen molar-refractivity contribution in [3.05, 3.63) is 71.9 Å². The average molecular weight is 408 g/mol. The van der Waals surface area contributed by atoms with Crippen molar-refractivity contribution in [2.45, 2.75) is 84.0 Å². The van der Waals surface area contributed by atoms with Gasteiger partial charge in [-0.25, -0.2) is 9.78 Å². The highest BCUT2D eigenvalue weighted by molar-refractivity contribution is 5.83. The Bertz CT molecular complexity index is 737. The number of allylic oxidation sites excluding steroid dienone is 1. The fourth-order valence-electron chi connectivity index (χ4n) is 3.57. The summed E-state index contributed by atoms with van der Waals surface area (Å²) < 4.78 is 5.40. The van der Waals surface area contributed by atoms with Gasteiger partial charge in [-0.2, -0.15) is 0 Å². The van der Waals surface area contributed by atoms with Crippen LogP contribution in [-0.4, -0.2) is 11.0 Å². The second kappa shape index (κ2) is 14.5. The molecule has 2 rings (SSSR count). The average Bonchev–Trinajstić information content (AvgIpc) is 2.78. The van der Waals surface area contributed by atoms with Crippen molar-refractivity contribution in [1.82, 2.24) is 4.98 Å². The van der Waals surface area contributed by atoms with E-state index in [0.29, 0.717) is 5.88 Å². The van der Waals surface area contributed by atoms with Crippen molar-refractivity contribution in [2.75, 3.05) is 0 Å². The molecule has 1 aromatic carbocycles. The lowest BCUT2D eigenvalue weighted by Gasteiger charge is -2.13. The molecule has 0 fully saturated rings. The zero-order valence-corrected chi connectivity index (χ0v) is 18.7. The zero-order chi connectivity index (χ0) is 21.4. The minimum absolute atomic E-state index is 0.230. The van der Waals surface area contributed by atoms with Gasteiger partial charge in [0.1, 0.15) is 0 Å². The Kier molecular flexibility index (Phi) is 11.6. The molecular weight excluding hydrogens is 370 g/mol. The standard InChI is InChI=1S/C27H37NO2/c1-3-5-7-8-11-14-23-18-20-26(28-22-23)30-27(29)21-19-25(15-10-6-4-2)24-16-12-9-13-17-24/h9,12-13,16-22,25H,3-8,10-11,14-15H2,1-2H3/b21-19+. The molecule has 1 unspecified atom stereocenters. The highest BCUT2D eigenvalue weighted by Crippen LogP contribution is 2.24. The smallest absolute Gasteiger partial charge is 0.337 e. The lowest BCUT2D eigenvalue weighted by Crippen LogP contribution is -2.06. The first-order chi connectivity index (χ1) is 14.7. The van der Waals surface area contributed by atoms with E-state index in [9.17, 15) is 4.79 Å². The number of ether oxygens (including phenoxy) is 1. The third kappa shape index (κ3) is 9.39. The van der Waals surface area contributed by atoms with Gasteiger partial charge in [0.05, 0.1) is 0 Å². The van der Waals surface area contributed by atoms with Crippen molar-refractivity contribution in [2.24, 2.45) is 0 Å². The van der Waals surface area contributed by atoms with E-state index in [-0.39, 0.29) is 11.9 Å². The first-order valence-corrected chi connectivity index (χ1v) is 11.6. The Morgan fingerprint density at radius 3 is 2.37 bits per heavy atom. The lowest BCUT2D eigenvalue weighted by atomic mass is 9.93. The molecule has 1 atom stereocenters. The van der Waals surface area contributed by atoms with Crippen LogP contribution in [0.2, 0.25) is 0 Å². The van der Waals surface area contributed by atoms with Crippen LogP contribution in [0.15, 0.2) is 60.8 Å². The van der Waals surface area contributed by atoms with Crippen LogP contribution in [0.5, 0.6) is 5.88 Å². The maximum Gasteiger partial charge on any atom is 0.337 e. The topological polar surface area (TPSA) is 39.2 Å². The minimum Gasteiger partial charge on any atom is -0.404 e. The molecule has 0 radical (unpaired) electrons. The number of carbonyl (C=O) groups is 1. The molecular formula is C27H37NO2. The third-order valence-electron chi connectivity index (χ3n) is 5.38. The molecule has 0 aliphatic carbocycles. The van der Waals surface area contributed by atoms with Crippen molar-refractivity contribution in [1.29, 1.82) is 0 Å². The predicted octanol–water partition coefficient (Wildman–Crippen LogP) is 7.42. The van der Waals surface area contributed by atoms with E-state index >= 15 is 0 Å². The first kappa shape index (κ1) is 23.9. The lowest BCUT2D eigenvalue weighted by molar-refractivity contribution is -0.129. The molecule has 3 nitrogen and oxygen atoms in total. The van der Waals surface area contributed by atoms with E-state index < -0.39 is 0 Å². The summed E-state index contributed by atoms with van der Waals surface area (Å²) in [6, 6.07) is 14.2. The molecule has 0 saturated heterocycles. The minimum atomic E-state index is -0.369. The van der Waals surface area contributed by atoms with Crippen LogP contribution >= 0.6 is 0 Å². The normalized spacial score (nSPS) is 12.2. The fraction of sp³-hybridized carbons (Fsp3) is 0.481. The number of nitrogens with zero attached hydrogens (tertiary/aromatic N) is 1. The Balaban J connectivity index is 1.85. The number of hydrogen-bond acceptors (Lipinski definition) is 3. The maximum atomic E-state index is 12.3. The molecule has 0 N–H and O–H groups in total. The number of rotatable bonds is 14. The summed E-state index contributed by atoms with van der Waals surface area (Å²) in [6.45, 7) is 4.43. The van der Waals surface area contributed by atoms with Crippen molar-refractivity contribution >= 4 is 5.97 Å². The summed E-state index contributed by atoms with van der Waals surface area (Å²) in [7, 11) is 0. The summed E-state index contributed by atoms with van der Waals surface area (Å²) in [6.07, 6.45) is 17.3. The molecule has 30 heavy (non-hydrogen) atoms. The van der Waals surface area contributed by atoms with Crippen LogP contribution in [0, 0.1) is 0 Å². The summed E-state index contributed by atoms with van der Waals surface area (Å²) in [5.74, 6) is 0.223. The molecule has 162 valence electrons. The Hall–Kier alpha value is -2.42. The Labute approximate surface area is 182 Å². The van der Waals surface area contributed by atoms with Crippen LogP contribution in [0.1, 0.15) is 88.7 Å². The highest BCUT2D eigenvalue weighted by atomic mass is 16.5. The molecule has 1 heterocycles. The quantitative estimate of drug-likeness (QED) is 0.186. The van der Waals surface area contributed by atoms with Crippen molar-refractivity contribution < 1.29 is 9.53 Å². The molecule has 0 saturated carbocycles. The summed E-state index contributed by atoms with van der Waals surface area (Å²) in [4.78, 5) is 16.6. The van der Waals surface area contributed by atoms with E-state index in [2.05, 4.69) is 31.0 Å².